The molecule has 2 fully saturated rings. The lowest BCUT2D eigenvalue weighted by molar-refractivity contribution is -0.121. The number of carbonyl (C=O) groups is 1. The summed E-state index contributed by atoms with van der Waals surface area (Å²) in [6, 6.07) is 6.29. The molecule has 29 heavy (non-hydrogen) atoms. The summed E-state index contributed by atoms with van der Waals surface area (Å²) in [5.41, 5.74) is 1.70. The lowest BCUT2D eigenvalue weighted by Crippen LogP contribution is -2.59. The van der Waals surface area contributed by atoms with E-state index >= 15 is 0 Å². The van der Waals surface area contributed by atoms with Gasteiger partial charge in [-0.25, -0.2) is 9.37 Å². The predicted octanol–water partition coefficient (Wildman–Crippen LogP) is 3.64. The number of aromatic nitrogens is 1. The summed E-state index contributed by atoms with van der Waals surface area (Å²) in [7, 11) is 0. The minimum Gasteiger partial charge on any atom is -0.379 e. The predicted molar refractivity (Wildman–Crippen MR) is 112 cm³/mol. The van der Waals surface area contributed by atoms with Gasteiger partial charge < -0.3 is 10.1 Å². The van der Waals surface area contributed by atoms with Crippen molar-refractivity contribution in [3.05, 3.63) is 41.2 Å². The molecule has 2 aliphatic rings. The highest BCUT2D eigenvalue weighted by Crippen LogP contribution is 2.34. The number of rotatable bonds is 6. The van der Waals surface area contributed by atoms with Crippen LogP contribution < -0.4 is 5.32 Å². The topological polar surface area (TPSA) is 54.5 Å². The number of amides is 1. The Morgan fingerprint density at radius 1 is 1.17 bits per heavy atom. The van der Waals surface area contributed by atoms with Crippen LogP contribution in [0.4, 0.5) is 4.39 Å². The van der Waals surface area contributed by atoms with Gasteiger partial charge in [-0.2, -0.15) is 0 Å². The summed E-state index contributed by atoms with van der Waals surface area (Å²) in [5.74, 6) is -0.249. The van der Waals surface area contributed by atoms with E-state index in [-0.39, 0.29) is 23.7 Å². The van der Waals surface area contributed by atoms with Gasteiger partial charge in [-0.05, 0) is 37.1 Å². The number of benzene rings is 1. The van der Waals surface area contributed by atoms with Gasteiger partial charge in [0.15, 0.2) is 0 Å². The van der Waals surface area contributed by atoms with Crippen molar-refractivity contribution >= 4 is 17.2 Å². The number of morpholine rings is 1. The number of halogens is 1. The third-order valence-electron chi connectivity index (χ3n) is 6.07. The Labute approximate surface area is 175 Å². The summed E-state index contributed by atoms with van der Waals surface area (Å²) in [5, 5.41) is 5.91. The average Bonchev–Trinajstić information content (AvgIpc) is 3.22. The van der Waals surface area contributed by atoms with Gasteiger partial charge in [0.25, 0.3) is 0 Å². The zero-order valence-electron chi connectivity index (χ0n) is 16.7. The molecule has 1 aromatic heterocycles. The number of hydrogen-bond acceptors (Lipinski definition) is 5. The standard InChI is InChI=1S/C22H28FN3O2S/c23-18-6-4-17(5-7-18)21-25-19(15-29-21)14-20(27)24-16-22(8-2-1-3-9-22)26-10-12-28-13-11-26/h4-7,15H,1-3,8-14,16H2,(H,24,27). The van der Waals surface area contributed by atoms with Gasteiger partial charge in [0.1, 0.15) is 10.8 Å². The third-order valence-corrected chi connectivity index (χ3v) is 7.01. The van der Waals surface area contributed by atoms with E-state index < -0.39 is 0 Å². The first kappa shape index (κ1) is 20.4. The Hall–Kier alpha value is -1.83. The Balaban J connectivity index is 1.35. The molecule has 0 unspecified atom stereocenters. The van der Waals surface area contributed by atoms with Gasteiger partial charge in [0.05, 0.1) is 25.3 Å². The Morgan fingerprint density at radius 3 is 2.62 bits per heavy atom. The van der Waals surface area contributed by atoms with E-state index in [4.69, 9.17) is 4.74 Å². The first-order chi connectivity index (χ1) is 14.1. The second-order valence-electron chi connectivity index (χ2n) is 7.99. The molecule has 0 atom stereocenters. The molecule has 1 N–H and O–H groups in total. The highest BCUT2D eigenvalue weighted by atomic mass is 32.1. The maximum absolute atomic E-state index is 13.1. The van der Waals surface area contributed by atoms with Gasteiger partial charge >= 0.3 is 0 Å². The van der Waals surface area contributed by atoms with Crippen LogP contribution in [-0.4, -0.2) is 54.2 Å². The monoisotopic (exact) mass is 417 g/mol. The quantitative estimate of drug-likeness (QED) is 0.780. The molecule has 1 aromatic carbocycles. The van der Waals surface area contributed by atoms with Crippen LogP contribution in [0.5, 0.6) is 0 Å². The summed E-state index contributed by atoms with van der Waals surface area (Å²) in [6.45, 7) is 4.15. The first-order valence-electron chi connectivity index (χ1n) is 10.4. The fraction of sp³-hybridized carbons (Fsp3) is 0.545. The lowest BCUT2D eigenvalue weighted by atomic mass is 9.79. The minimum absolute atomic E-state index is 0.0131. The molecule has 0 radical (unpaired) electrons. The molecule has 156 valence electrons. The second kappa shape index (κ2) is 9.32. The van der Waals surface area contributed by atoms with Crippen molar-refractivity contribution in [3.63, 3.8) is 0 Å². The van der Waals surface area contributed by atoms with E-state index in [1.165, 1.54) is 42.7 Å². The van der Waals surface area contributed by atoms with E-state index in [9.17, 15) is 9.18 Å². The van der Waals surface area contributed by atoms with Gasteiger partial charge in [0.2, 0.25) is 5.91 Å². The number of thiazole rings is 1. The molecule has 1 saturated heterocycles. The number of hydrogen-bond donors (Lipinski definition) is 1. The molecule has 2 aromatic rings. The van der Waals surface area contributed by atoms with Crippen molar-refractivity contribution in [1.82, 2.24) is 15.2 Å². The van der Waals surface area contributed by atoms with Crippen LogP contribution in [0.25, 0.3) is 10.6 Å². The van der Waals surface area contributed by atoms with Gasteiger partial charge in [-0.3, -0.25) is 9.69 Å². The number of ether oxygens (including phenoxy) is 1. The van der Waals surface area contributed by atoms with Crippen molar-refractivity contribution in [3.8, 4) is 10.6 Å². The van der Waals surface area contributed by atoms with Crippen LogP contribution in [-0.2, 0) is 16.0 Å². The molecule has 0 spiro atoms. The summed E-state index contributed by atoms with van der Waals surface area (Å²) in [4.78, 5) is 19.7. The number of nitrogens with zero attached hydrogens (tertiary/aromatic N) is 2. The Kier molecular flexibility index (Phi) is 6.57. The average molecular weight is 418 g/mol. The molecule has 4 rings (SSSR count). The van der Waals surface area contributed by atoms with Gasteiger partial charge in [0, 0.05) is 36.1 Å². The molecule has 1 saturated carbocycles. The fourth-order valence-corrected chi connectivity index (χ4v) is 5.28. The maximum atomic E-state index is 13.1. The third kappa shape index (κ3) is 5.02. The Morgan fingerprint density at radius 2 is 1.90 bits per heavy atom. The number of nitrogens with one attached hydrogen (secondary N) is 1. The van der Waals surface area contributed by atoms with Crippen LogP contribution in [0.15, 0.2) is 29.6 Å². The molecule has 7 heteroatoms. The molecule has 1 amide bonds. The van der Waals surface area contributed by atoms with Crippen LogP contribution >= 0.6 is 11.3 Å². The van der Waals surface area contributed by atoms with Crippen LogP contribution in [0.3, 0.4) is 0 Å². The van der Waals surface area contributed by atoms with Crippen LogP contribution in [0.1, 0.15) is 37.8 Å². The van der Waals surface area contributed by atoms with Gasteiger partial charge in [-0.1, -0.05) is 19.3 Å². The molecule has 2 heterocycles. The molecule has 5 nitrogen and oxygen atoms in total. The SMILES string of the molecule is O=C(Cc1csc(-c2ccc(F)cc2)n1)NCC1(N2CCOCC2)CCCCC1. The Bertz CT molecular complexity index is 812. The summed E-state index contributed by atoms with van der Waals surface area (Å²) in [6.07, 6.45) is 6.28. The van der Waals surface area contributed by atoms with Crippen LogP contribution in [0.2, 0.25) is 0 Å². The van der Waals surface area contributed by atoms with Crippen molar-refractivity contribution in [2.45, 2.75) is 44.1 Å². The molecule has 1 aliphatic carbocycles. The van der Waals surface area contributed by atoms with Crippen molar-refractivity contribution in [2.75, 3.05) is 32.8 Å². The fourth-order valence-electron chi connectivity index (χ4n) is 4.46. The molecular weight excluding hydrogens is 389 g/mol. The number of carbonyl (C=O) groups excluding carboxylic acids is 1. The van der Waals surface area contributed by atoms with E-state index in [1.54, 1.807) is 12.1 Å². The van der Waals surface area contributed by atoms with E-state index in [2.05, 4.69) is 15.2 Å². The molecule has 0 bridgehead atoms. The highest BCUT2D eigenvalue weighted by molar-refractivity contribution is 7.13. The van der Waals surface area contributed by atoms with Crippen molar-refractivity contribution in [2.24, 2.45) is 0 Å². The second-order valence-corrected chi connectivity index (χ2v) is 8.85. The van der Waals surface area contributed by atoms with Crippen LogP contribution in [0, 0.1) is 5.82 Å². The van der Waals surface area contributed by atoms with E-state index in [0.29, 0.717) is 6.54 Å². The lowest BCUT2D eigenvalue weighted by Gasteiger charge is -2.48. The zero-order valence-corrected chi connectivity index (χ0v) is 17.5. The molecular formula is C22H28FN3O2S. The smallest absolute Gasteiger partial charge is 0.226 e. The van der Waals surface area contributed by atoms with Crippen molar-refractivity contribution < 1.29 is 13.9 Å². The first-order valence-corrected chi connectivity index (χ1v) is 11.3. The molecule has 1 aliphatic heterocycles. The van der Waals surface area contributed by atoms with E-state index in [0.717, 1.165) is 55.4 Å². The summed E-state index contributed by atoms with van der Waals surface area (Å²) < 4.78 is 18.6. The zero-order chi connectivity index (χ0) is 20.1. The maximum Gasteiger partial charge on any atom is 0.226 e. The normalized spacial score (nSPS) is 19.8. The van der Waals surface area contributed by atoms with Gasteiger partial charge in [-0.15, -0.1) is 11.3 Å². The largest absolute Gasteiger partial charge is 0.379 e. The summed E-state index contributed by atoms with van der Waals surface area (Å²) >= 11 is 1.48. The highest BCUT2D eigenvalue weighted by Gasteiger charge is 2.38. The minimum atomic E-state index is -0.262. The van der Waals surface area contributed by atoms with E-state index in [1.807, 2.05) is 5.38 Å². The van der Waals surface area contributed by atoms with Crippen molar-refractivity contribution in [1.29, 1.82) is 0 Å².